The van der Waals surface area contributed by atoms with Crippen molar-refractivity contribution in [2.75, 3.05) is 0 Å². The summed E-state index contributed by atoms with van der Waals surface area (Å²) in [7, 11) is 0. The molecule has 0 fully saturated rings. The highest BCUT2D eigenvalue weighted by atomic mass is 19.1. The van der Waals surface area contributed by atoms with E-state index in [2.05, 4.69) is 0 Å². The fourth-order valence-electron chi connectivity index (χ4n) is 1.38. The van der Waals surface area contributed by atoms with Crippen LogP contribution in [0.15, 0.2) is 18.2 Å². The lowest BCUT2D eigenvalue weighted by atomic mass is 10.1. The SMILES string of the molecule is O=C1c2ccc(F)cc2C(=O)C1(O)O. The molecule has 0 aliphatic heterocycles. The van der Waals surface area contributed by atoms with Gasteiger partial charge >= 0.3 is 0 Å². The Morgan fingerprint density at radius 2 is 1.64 bits per heavy atom. The van der Waals surface area contributed by atoms with Crippen LogP contribution in [0.3, 0.4) is 0 Å². The van der Waals surface area contributed by atoms with Crippen molar-refractivity contribution < 1.29 is 24.2 Å². The lowest BCUT2D eigenvalue weighted by Crippen LogP contribution is -2.40. The molecular formula is C9H5FO4. The Morgan fingerprint density at radius 3 is 2.29 bits per heavy atom. The molecule has 1 aromatic rings. The van der Waals surface area contributed by atoms with E-state index < -0.39 is 23.2 Å². The monoisotopic (exact) mass is 196 g/mol. The fraction of sp³-hybridized carbons (Fsp3) is 0.111. The van der Waals surface area contributed by atoms with Crippen LogP contribution in [0, 0.1) is 5.82 Å². The zero-order chi connectivity index (χ0) is 10.5. The Bertz CT molecular complexity index is 450. The van der Waals surface area contributed by atoms with E-state index in [9.17, 15) is 14.0 Å². The predicted molar refractivity (Wildman–Crippen MR) is 42.2 cm³/mol. The summed E-state index contributed by atoms with van der Waals surface area (Å²) in [6.45, 7) is 0. The van der Waals surface area contributed by atoms with Gasteiger partial charge in [0, 0.05) is 11.1 Å². The van der Waals surface area contributed by atoms with Gasteiger partial charge in [0.15, 0.2) is 0 Å². The normalized spacial score (nSPS) is 18.5. The molecule has 72 valence electrons. The Hall–Kier alpha value is -1.59. The zero-order valence-corrected chi connectivity index (χ0v) is 6.82. The summed E-state index contributed by atoms with van der Waals surface area (Å²) in [5, 5.41) is 18.2. The highest BCUT2D eigenvalue weighted by Gasteiger charge is 2.50. The smallest absolute Gasteiger partial charge is 0.295 e. The molecule has 1 aliphatic carbocycles. The van der Waals surface area contributed by atoms with E-state index in [0.29, 0.717) is 0 Å². The van der Waals surface area contributed by atoms with Gasteiger partial charge in [-0.15, -0.1) is 0 Å². The molecule has 1 aliphatic rings. The van der Waals surface area contributed by atoms with Crippen molar-refractivity contribution in [1.29, 1.82) is 0 Å². The molecule has 0 bridgehead atoms. The second-order valence-corrected chi connectivity index (χ2v) is 3.02. The van der Waals surface area contributed by atoms with Gasteiger partial charge < -0.3 is 10.2 Å². The predicted octanol–water partition coefficient (Wildman–Crippen LogP) is -0.114. The van der Waals surface area contributed by atoms with Gasteiger partial charge in [-0.1, -0.05) is 0 Å². The average molecular weight is 196 g/mol. The van der Waals surface area contributed by atoms with Crippen LogP contribution in [0.2, 0.25) is 0 Å². The second-order valence-electron chi connectivity index (χ2n) is 3.02. The van der Waals surface area contributed by atoms with Crippen LogP contribution in [-0.2, 0) is 0 Å². The van der Waals surface area contributed by atoms with Crippen LogP contribution in [-0.4, -0.2) is 27.6 Å². The summed E-state index contributed by atoms with van der Waals surface area (Å²) in [6.07, 6.45) is 0. The third kappa shape index (κ3) is 0.934. The van der Waals surface area contributed by atoms with Gasteiger partial charge in [0.1, 0.15) is 5.82 Å². The van der Waals surface area contributed by atoms with Crippen LogP contribution in [0.4, 0.5) is 4.39 Å². The first-order chi connectivity index (χ1) is 6.44. The Labute approximate surface area is 77.6 Å². The van der Waals surface area contributed by atoms with Crippen LogP contribution < -0.4 is 0 Å². The highest BCUT2D eigenvalue weighted by Crippen LogP contribution is 2.28. The van der Waals surface area contributed by atoms with Gasteiger partial charge in [-0.25, -0.2) is 4.39 Å². The number of benzene rings is 1. The van der Waals surface area contributed by atoms with E-state index in [0.717, 1.165) is 18.2 Å². The van der Waals surface area contributed by atoms with Crippen LogP contribution >= 0.6 is 0 Å². The molecule has 0 amide bonds. The number of fused-ring (bicyclic) bond motifs is 1. The number of carbonyl (C=O) groups excluding carboxylic acids is 2. The molecule has 0 aromatic heterocycles. The Morgan fingerprint density at radius 1 is 1.07 bits per heavy atom. The van der Waals surface area contributed by atoms with Gasteiger partial charge in [0.2, 0.25) is 11.6 Å². The number of rotatable bonds is 0. The highest BCUT2D eigenvalue weighted by molar-refractivity contribution is 6.30. The van der Waals surface area contributed by atoms with Crippen LogP contribution in [0.1, 0.15) is 20.7 Å². The minimum Gasteiger partial charge on any atom is -0.353 e. The third-order valence-electron chi connectivity index (χ3n) is 2.10. The molecule has 0 radical (unpaired) electrons. The average Bonchev–Trinajstić information content (AvgIpc) is 2.29. The van der Waals surface area contributed by atoms with E-state index in [1.54, 1.807) is 0 Å². The van der Waals surface area contributed by atoms with Crippen LogP contribution in [0.5, 0.6) is 0 Å². The number of halogens is 1. The first-order valence-corrected chi connectivity index (χ1v) is 3.78. The van der Waals surface area contributed by atoms with Gasteiger partial charge in [0.05, 0.1) is 0 Å². The second kappa shape index (κ2) is 2.46. The standard InChI is InChI=1S/C9H5FO4/c10-4-1-2-5-6(3-4)8(12)9(13,14)7(5)11/h1-3,13-14H. The molecule has 1 aromatic carbocycles. The summed E-state index contributed by atoms with van der Waals surface area (Å²) in [5.41, 5.74) is -0.457. The molecule has 4 nitrogen and oxygen atoms in total. The van der Waals surface area contributed by atoms with Crippen LogP contribution in [0.25, 0.3) is 0 Å². The van der Waals surface area contributed by atoms with Crippen molar-refractivity contribution >= 4 is 11.6 Å². The number of carbonyl (C=O) groups is 2. The summed E-state index contributed by atoms with van der Waals surface area (Å²) < 4.78 is 12.7. The van der Waals surface area contributed by atoms with Crippen molar-refractivity contribution in [2.45, 2.75) is 5.79 Å². The summed E-state index contributed by atoms with van der Waals surface area (Å²) in [6, 6.07) is 2.84. The van der Waals surface area contributed by atoms with Crippen molar-refractivity contribution in [1.82, 2.24) is 0 Å². The van der Waals surface area contributed by atoms with Gasteiger partial charge in [-0.2, -0.15) is 0 Å². The summed E-state index contributed by atoms with van der Waals surface area (Å²) in [4.78, 5) is 22.4. The molecule has 0 unspecified atom stereocenters. The zero-order valence-electron chi connectivity index (χ0n) is 6.82. The van der Waals surface area contributed by atoms with Gasteiger partial charge in [-0.05, 0) is 18.2 Å². The van der Waals surface area contributed by atoms with E-state index in [-0.39, 0.29) is 11.1 Å². The number of ketones is 2. The molecule has 5 heteroatoms. The van der Waals surface area contributed by atoms with Crippen molar-refractivity contribution in [2.24, 2.45) is 0 Å². The van der Waals surface area contributed by atoms with E-state index in [4.69, 9.17) is 10.2 Å². The number of aliphatic hydroxyl groups is 2. The van der Waals surface area contributed by atoms with E-state index >= 15 is 0 Å². The van der Waals surface area contributed by atoms with Crippen molar-refractivity contribution in [3.05, 3.63) is 35.1 Å². The minimum absolute atomic E-state index is 0.165. The molecular weight excluding hydrogens is 191 g/mol. The van der Waals surface area contributed by atoms with E-state index in [1.165, 1.54) is 0 Å². The lowest BCUT2D eigenvalue weighted by Gasteiger charge is -2.08. The molecule has 2 rings (SSSR count). The number of Topliss-reactive ketones (excluding diaryl/α,β-unsaturated/α-hetero) is 2. The van der Waals surface area contributed by atoms with Crippen molar-refractivity contribution in [3.8, 4) is 0 Å². The maximum absolute atomic E-state index is 12.7. The molecule has 0 heterocycles. The molecule has 0 atom stereocenters. The summed E-state index contributed by atoms with van der Waals surface area (Å²) >= 11 is 0. The summed E-state index contributed by atoms with van der Waals surface area (Å²) in [5.74, 6) is -6.03. The first kappa shape index (κ1) is 8.98. The van der Waals surface area contributed by atoms with E-state index in [1.807, 2.05) is 0 Å². The minimum atomic E-state index is -3.03. The first-order valence-electron chi connectivity index (χ1n) is 3.78. The van der Waals surface area contributed by atoms with Gasteiger partial charge in [0.25, 0.3) is 5.79 Å². The Balaban J connectivity index is 2.71. The maximum Gasteiger partial charge on any atom is 0.295 e. The largest absolute Gasteiger partial charge is 0.353 e. The molecule has 0 spiro atoms. The third-order valence-corrected chi connectivity index (χ3v) is 2.10. The molecule has 0 saturated heterocycles. The quantitative estimate of drug-likeness (QED) is 0.448. The van der Waals surface area contributed by atoms with Gasteiger partial charge in [-0.3, -0.25) is 9.59 Å². The molecule has 2 N–H and O–H groups in total. The maximum atomic E-state index is 12.7. The Kier molecular flexibility index (Phi) is 1.58. The number of hydrogen-bond donors (Lipinski definition) is 2. The molecule has 14 heavy (non-hydrogen) atoms. The lowest BCUT2D eigenvalue weighted by molar-refractivity contribution is -0.0857. The molecule has 0 saturated carbocycles. The number of hydrogen-bond acceptors (Lipinski definition) is 4. The topological polar surface area (TPSA) is 74.6 Å². The van der Waals surface area contributed by atoms with Crippen molar-refractivity contribution in [3.63, 3.8) is 0 Å². The fourth-order valence-corrected chi connectivity index (χ4v) is 1.38.